The molecule has 0 saturated carbocycles. The minimum atomic E-state index is -2.99. The van der Waals surface area contributed by atoms with Crippen molar-refractivity contribution in [1.82, 2.24) is 9.78 Å². The molecule has 1 saturated heterocycles. The summed E-state index contributed by atoms with van der Waals surface area (Å²) in [6.07, 6.45) is 1.15. The molecule has 2 rings (SSSR count). The Morgan fingerprint density at radius 3 is 2.82 bits per heavy atom. The quantitative estimate of drug-likeness (QED) is 0.853. The number of hydrogen-bond acceptors (Lipinski definition) is 4. The molecule has 7 heteroatoms. The third-order valence-electron chi connectivity index (χ3n) is 2.95. The summed E-state index contributed by atoms with van der Waals surface area (Å²) in [5, 5.41) is 12.9. The highest BCUT2D eigenvalue weighted by atomic mass is 32.2. The Morgan fingerprint density at radius 1 is 1.65 bits per heavy atom. The fraction of sp³-hybridized carbons (Fsp3) is 0.600. The molecule has 1 aliphatic rings. The molecule has 1 aromatic rings. The molecule has 1 fully saturated rings. The van der Waals surface area contributed by atoms with E-state index in [0.29, 0.717) is 12.8 Å². The van der Waals surface area contributed by atoms with E-state index in [1.54, 1.807) is 4.68 Å². The highest BCUT2D eigenvalue weighted by Crippen LogP contribution is 2.25. The summed E-state index contributed by atoms with van der Waals surface area (Å²) in [5.41, 5.74) is 0.746. The van der Waals surface area contributed by atoms with Gasteiger partial charge < -0.3 is 5.11 Å². The molecule has 1 aromatic heterocycles. The lowest BCUT2D eigenvalue weighted by molar-refractivity contribution is 0.0689. The van der Waals surface area contributed by atoms with Gasteiger partial charge in [-0.2, -0.15) is 5.10 Å². The van der Waals surface area contributed by atoms with Gasteiger partial charge in [0.2, 0.25) is 0 Å². The number of carboxylic acid groups (broad SMARTS) is 1. The van der Waals surface area contributed by atoms with E-state index in [0.717, 1.165) is 5.69 Å². The summed E-state index contributed by atoms with van der Waals surface area (Å²) in [6, 6.07) is 1.29. The summed E-state index contributed by atoms with van der Waals surface area (Å²) in [7, 11) is -2.99. The average molecular weight is 258 g/mol. The zero-order valence-corrected chi connectivity index (χ0v) is 10.3. The summed E-state index contributed by atoms with van der Waals surface area (Å²) in [5.74, 6) is -0.872. The zero-order chi connectivity index (χ0) is 12.6. The predicted octanol–water partition coefficient (Wildman–Crippen LogP) is 0.503. The van der Waals surface area contributed by atoms with Crippen LogP contribution in [0.1, 0.15) is 35.6 Å². The molecule has 94 valence electrons. The molecule has 1 N–H and O–H groups in total. The standard InChI is InChI=1S/C10H14N2O4S/c1-2-7-5-9(10(13)14)11-12(7)8-3-4-17(15,16)6-8/h5,8H,2-4,6H2,1H3,(H,13,14). The number of carbonyl (C=O) groups is 1. The van der Waals surface area contributed by atoms with Crippen LogP contribution < -0.4 is 0 Å². The van der Waals surface area contributed by atoms with Crippen LogP contribution in [0.2, 0.25) is 0 Å². The maximum Gasteiger partial charge on any atom is 0.356 e. The summed E-state index contributed by atoms with van der Waals surface area (Å²) < 4.78 is 24.4. The first-order valence-corrected chi connectivity index (χ1v) is 7.27. The molecule has 2 heterocycles. The molecule has 6 nitrogen and oxygen atoms in total. The second-order valence-corrected chi connectivity index (χ2v) is 6.41. The maximum absolute atomic E-state index is 11.4. The van der Waals surface area contributed by atoms with Crippen molar-refractivity contribution in [2.75, 3.05) is 11.5 Å². The van der Waals surface area contributed by atoms with Crippen LogP contribution in [0.25, 0.3) is 0 Å². The molecule has 0 bridgehead atoms. The monoisotopic (exact) mass is 258 g/mol. The van der Waals surface area contributed by atoms with Crippen molar-refractivity contribution in [2.24, 2.45) is 0 Å². The summed E-state index contributed by atoms with van der Waals surface area (Å²) in [6.45, 7) is 1.89. The minimum absolute atomic E-state index is 0.0221. The number of aromatic nitrogens is 2. The number of aromatic carboxylic acids is 1. The van der Waals surface area contributed by atoms with E-state index < -0.39 is 15.8 Å². The number of nitrogens with zero attached hydrogens (tertiary/aromatic N) is 2. The first kappa shape index (κ1) is 12.1. The number of aryl methyl sites for hydroxylation is 1. The molecule has 1 aliphatic heterocycles. The van der Waals surface area contributed by atoms with E-state index in [1.165, 1.54) is 6.07 Å². The van der Waals surface area contributed by atoms with Gasteiger partial charge in [-0.05, 0) is 18.9 Å². The van der Waals surface area contributed by atoms with Crippen molar-refractivity contribution in [3.8, 4) is 0 Å². The van der Waals surface area contributed by atoms with E-state index in [1.807, 2.05) is 6.92 Å². The van der Waals surface area contributed by atoms with Crippen molar-refractivity contribution >= 4 is 15.8 Å². The Balaban J connectivity index is 2.35. The van der Waals surface area contributed by atoms with Gasteiger partial charge in [0.05, 0.1) is 17.5 Å². The molecule has 1 atom stereocenters. The molecule has 0 radical (unpaired) electrons. The van der Waals surface area contributed by atoms with Gasteiger partial charge in [0, 0.05) is 5.69 Å². The van der Waals surface area contributed by atoms with E-state index in [2.05, 4.69) is 5.10 Å². The van der Waals surface area contributed by atoms with Crippen LogP contribution >= 0.6 is 0 Å². The lowest BCUT2D eigenvalue weighted by atomic mass is 10.2. The molecule has 1 unspecified atom stereocenters. The lowest BCUT2D eigenvalue weighted by Gasteiger charge is -2.11. The minimum Gasteiger partial charge on any atom is -0.476 e. The molecule has 0 aliphatic carbocycles. The van der Waals surface area contributed by atoms with Gasteiger partial charge in [-0.1, -0.05) is 6.92 Å². The highest BCUT2D eigenvalue weighted by molar-refractivity contribution is 7.91. The van der Waals surface area contributed by atoms with Gasteiger partial charge in [-0.15, -0.1) is 0 Å². The third kappa shape index (κ3) is 2.33. The van der Waals surface area contributed by atoms with Crippen molar-refractivity contribution in [1.29, 1.82) is 0 Å². The van der Waals surface area contributed by atoms with Gasteiger partial charge in [0.1, 0.15) is 0 Å². The van der Waals surface area contributed by atoms with Crippen molar-refractivity contribution in [2.45, 2.75) is 25.8 Å². The smallest absolute Gasteiger partial charge is 0.356 e. The van der Waals surface area contributed by atoms with Crippen LogP contribution in [0.3, 0.4) is 0 Å². The second-order valence-electron chi connectivity index (χ2n) is 4.18. The Bertz CT molecular complexity index is 547. The molecule has 0 aromatic carbocycles. The number of rotatable bonds is 3. The Morgan fingerprint density at radius 2 is 2.35 bits per heavy atom. The lowest BCUT2D eigenvalue weighted by Crippen LogP contribution is -2.15. The van der Waals surface area contributed by atoms with Gasteiger partial charge in [0.25, 0.3) is 0 Å². The molecular weight excluding hydrogens is 244 g/mol. The van der Waals surface area contributed by atoms with Crippen molar-refractivity contribution < 1.29 is 18.3 Å². The van der Waals surface area contributed by atoms with Crippen LogP contribution in [-0.4, -0.2) is 40.8 Å². The van der Waals surface area contributed by atoms with E-state index in [-0.39, 0.29) is 23.2 Å². The molecule has 17 heavy (non-hydrogen) atoms. The largest absolute Gasteiger partial charge is 0.476 e. The number of hydrogen-bond donors (Lipinski definition) is 1. The predicted molar refractivity (Wildman–Crippen MR) is 60.9 cm³/mol. The molecule has 0 amide bonds. The second kappa shape index (κ2) is 4.14. The van der Waals surface area contributed by atoms with E-state index in [9.17, 15) is 13.2 Å². The van der Waals surface area contributed by atoms with Crippen LogP contribution in [0.15, 0.2) is 6.07 Å². The van der Waals surface area contributed by atoms with Gasteiger partial charge in [-0.3, -0.25) is 4.68 Å². The fourth-order valence-corrected chi connectivity index (χ4v) is 3.78. The average Bonchev–Trinajstić information content (AvgIpc) is 2.80. The van der Waals surface area contributed by atoms with Crippen LogP contribution in [0.4, 0.5) is 0 Å². The van der Waals surface area contributed by atoms with E-state index in [4.69, 9.17) is 5.11 Å². The maximum atomic E-state index is 11.4. The van der Waals surface area contributed by atoms with Crippen LogP contribution in [0, 0.1) is 0 Å². The summed E-state index contributed by atoms with van der Waals surface area (Å²) >= 11 is 0. The summed E-state index contributed by atoms with van der Waals surface area (Å²) in [4.78, 5) is 10.8. The molecular formula is C10H14N2O4S. The number of carboxylic acids is 1. The van der Waals surface area contributed by atoms with Crippen molar-refractivity contribution in [3.05, 3.63) is 17.5 Å². The Labute approximate surface area is 99.2 Å². The zero-order valence-electron chi connectivity index (χ0n) is 9.46. The highest BCUT2D eigenvalue weighted by Gasteiger charge is 2.31. The van der Waals surface area contributed by atoms with Crippen molar-refractivity contribution in [3.63, 3.8) is 0 Å². The topological polar surface area (TPSA) is 89.3 Å². The van der Waals surface area contributed by atoms with Crippen LogP contribution in [-0.2, 0) is 16.3 Å². The fourth-order valence-electron chi connectivity index (χ4n) is 2.09. The first-order valence-electron chi connectivity index (χ1n) is 5.45. The Kier molecular flexibility index (Phi) is 2.94. The first-order chi connectivity index (χ1) is 7.93. The molecule has 0 spiro atoms. The van der Waals surface area contributed by atoms with Gasteiger partial charge >= 0.3 is 5.97 Å². The van der Waals surface area contributed by atoms with Gasteiger partial charge in [0.15, 0.2) is 15.5 Å². The third-order valence-corrected chi connectivity index (χ3v) is 4.70. The van der Waals surface area contributed by atoms with Crippen LogP contribution in [0.5, 0.6) is 0 Å². The van der Waals surface area contributed by atoms with Gasteiger partial charge in [-0.25, -0.2) is 13.2 Å². The SMILES string of the molecule is CCc1cc(C(=O)O)nn1C1CCS(=O)(=O)C1. The normalized spacial score (nSPS) is 22.8. The van der Waals surface area contributed by atoms with E-state index >= 15 is 0 Å². The number of sulfone groups is 1. The Hall–Kier alpha value is -1.37.